The number of imidazole rings is 1. The first-order valence-electron chi connectivity index (χ1n) is 9.71. The smallest absolute Gasteiger partial charge is 0.264 e. The van der Waals surface area contributed by atoms with Crippen LogP contribution in [0.4, 0.5) is 0 Å². The van der Waals surface area contributed by atoms with Crippen molar-refractivity contribution in [1.82, 2.24) is 9.38 Å². The average Bonchev–Trinajstić information content (AvgIpc) is 3.19. The Labute approximate surface area is 164 Å². The Kier molecular flexibility index (Phi) is 2.63. The number of pyridine rings is 1. The van der Waals surface area contributed by atoms with Crippen LogP contribution < -0.4 is 5.56 Å². The van der Waals surface area contributed by atoms with Crippen molar-refractivity contribution in [1.29, 1.82) is 0 Å². The van der Waals surface area contributed by atoms with Crippen molar-refractivity contribution in [2.45, 2.75) is 0 Å². The predicted octanol–water partition coefficient (Wildman–Crippen LogP) is 5.90. The molecule has 7 aromatic rings. The number of hydrogen-bond donors (Lipinski definition) is 0. The third-order valence-corrected chi connectivity index (χ3v) is 6.11. The highest BCUT2D eigenvalue weighted by molar-refractivity contribution is 6.25. The van der Waals surface area contributed by atoms with Gasteiger partial charge in [-0.25, -0.2) is 4.98 Å². The highest BCUT2D eigenvalue weighted by Gasteiger charge is 2.19. The third-order valence-electron chi connectivity index (χ3n) is 6.11. The zero-order valence-corrected chi connectivity index (χ0v) is 15.4. The molecule has 0 aliphatic heterocycles. The van der Waals surface area contributed by atoms with Crippen LogP contribution in [0.25, 0.3) is 59.8 Å². The minimum absolute atomic E-state index is 0.00719. The Balaban J connectivity index is 1.93. The van der Waals surface area contributed by atoms with Gasteiger partial charge in [0.1, 0.15) is 5.65 Å². The van der Waals surface area contributed by atoms with Crippen molar-refractivity contribution >= 4 is 59.8 Å². The van der Waals surface area contributed by atoms with Gasteiger partial charge in [0.2, 0.25) is 0 Å². The normalized spacial score (nSPS) is 12.3. The molecule has 0 aliphatic rings. The summed E-state index contributed by atoms with van der Waals surface area (Å²) in [5, 5.41) is 8.26. The number of benzene rings is 5. The van der Waals surface area contributed by atoms with Gasteiger partial charge in [0, 0.05) is 26.9 Å². The Bertz CT molecular complexity index is 1820. The SMILES string of the molecule is O=c1c2cccc3cccc(c32)c2nc3c4ccccc4c4ccccc4c3n12. The average molecular weight is 370 g/mol. The molecule has 3 nitrogen and oxygen atoms in total. The van der Waals surface area contributed by atoms with E-state index in [0.29, 0.717) is 0 Å². The van der Waals surface area contributed by atoms with Crippen molar-refractivity contribution in [3.63, 3.8) is 0 Å². The minimum Gasteiger partial charge on any atom is -0.268 e. The third kappa shape index (κ3) is 1.73. The lowest BCUT2D eigenvalue weighted by atomic mass is 10.00. The first kappa shape index (κ1) is 15.0. The van der Waals surface area contributed by atoms with Crippen LogP contribution in [0.2, 0.25) is 0 Å². The summed E-state index contributed by atoms with van der Waals surface area (Å²) in [7, 11) is 0. The van der Waals surface area contributed by atoms with E-state index in [4.69, 9.17) is 4.98 Å². The molecule has 0 unspecified atom stereocenters. The van der Waals surface area contributed by atoms with Gasteiger partial charge in [0.15, 0.2) is 0 Å². The van der Waals surface area contributed by atoms with E-state index >= 15 is 0 Å². The van der Waals surface area contributed by atoms with Gasteiger partial charge in [0.05, 0.1) is 11.0 Å². The number of hydrogen-bond acceptors (Lipinski definition) is 2. The van der Waals surface area contributed by atoms with Crippen molar-refractivity contribution in [2.75, 3.05) is 0 Å². The van der Waals surface area contributed by atoms with Gasteiger partial charge < -0.3 is 0 Å². The molecule has 0 radical (unpaired) electrons. The van der Waals surface area contributed by atoms with Crippen LogP contribution in [0.1, 0.15) is 0 Å². The van der Waals surface area contributed by atoms with Crippen molar-refractivity contribution in [2.24, 2.45) is 0 Å². The quantitative estimate of drug-likeness (QED) is 0.312. The second kappa shape index (κ2) is 5.09. The first-order chi connectivity index (χ1) is 14.3. The van der Waals surface area contributed by atoms with Crippen molar-refractivity contribution < 1.29 is 0 Å². The van der Waals surface area contributed by atoms with Crippen molar-refractivity contribution in [3.8, 4) is 0 Å². The summed E-state index contributed by atoms with van der Waals surface area (Å²) in [6.45, 7) is 0. The standard InChI is InChI=1S/C26H14N2O/c29-26-21-14-6-8-15-7-5-13-20(22(15)21)25-27-23-18-11-3-1-9-16(18)17-10-2-4-12-19(17)24(23)28(25)26/h1-14H. The lowest BCUT2D eigenvalue weighted by Gasteiger charge is -2.08. The summed E-state index contributed by atoms with van der Waals surface area (Å²) in [6, 6.07) is 28.7. The van der Waals surface area contributed by atoms with Gasteiger partial charge >= 0.3 is 0 Å². The molecule has 0 fully saturated rings. The number of nitrogens with zero attached hydrogens (tertiary/aromatic N) is 2. The lowest BCUT2D eigenvalue weighted by molar-refractivity contribution is 1.19. The summed E-state index contributed by atoms with van der Waals surface area (Å²) >= 11 is 0. The van der Waals surface area contributed by atoms with E-state index in [1.54, 1.807) is 0 Å². The molecule has 0 atom stereocenters. The van der Waals surface area contributed by atoms with Crippen molar-refractivity contribution in [3.05, 3.63) is 95.3 Å². The van der Waals surface area contributed by atoms with Crippen LogP contribution in [0.3, 0.4) is 0 Å². The fourth-order valence-electron chi connectivity index (χ4n) is 4.91. The van der Waals surface area contributed by atoms with E-state index < -0.39 is 0 Å². The maximum absolute atomic E-state index is 13.7. The molecule has 29 heavy (non-hydrogen) atoms. The summed E-state index contributed by atoms with van der Waals surface area (Å²) in [5.74, 6) is 0. The molecular weight excluding hydrogens is 356 g/mol. The van der Waals surface area contributed by atoms with E-state index in [9.17, 15) is 4.79 Å². The molecule has 7 rings (SSSR count). The number of fused-ring (bicyclic) bond motifs is 9. The molecule has 134 valence electrons. The van der Waals surface area contributed by atoms with Gasteiger partial charge in [-0.1, -0.05) is 78.9 Å². The zero-order valence-electron chi connectivity index (χ0n) is 15.4. The Morgan fingerprint density at radius 3 is 1.93 bits per heavy atom. The number of aromatic nitrogens is 2. The fraction of sp³-hybridized carbons (Fsp3) is 0. The predicted molar refractivity (Wildman–Crippen MR) is 120 cm³/mol. The second-order valence-corrected chi connectivity index (χ2v) is 7.57. The fourth-order valence-corrected chi connectivity index (χ4v) is 4.91. The summed E-state index contributed by atoms with van der Waals surface area (Å²) in [5.41, 5.74) is 2.50. The lowest BCUT2D eigenvalue weighted by Crippen LogP contribution is -2.13. The molecule has 2 heterocycles. The summed E-state index contributed by atoms with van der Waals surface area (Å²) < 4.78 is 1.82. The van der Waals surface area contributed by atoms with E-state index in [1.807, 2.05) is 40.8 Å². The largest absolute Gasteiger partial charge is 0.268 e. The van der Waals surface area contributed by atoms with E-state index in [-0.39, 0.29) is 5.56 Å². The molecule has 0 N–H and O–H groups in total. The van der Waals surface area contributed by atoms with Crippen LogP contribution in [-0.4, -0.2) is 9.38 Å². The van der Waals surface area contributed by atoms with Gasteiger partial charge in [0.25, 0.3) is 5.56 Å². The maximum Gasteiger partial charge on any atom is 0.264 e. The Morgan fingerprint density at radius 1 is 0.586 bits per heavy atom. The molecule has 0 saturated heterocycles. The minimum atomic E-state index is -0.00719. The van der Waals surface area contributed by atoms with Crippen LogP contribution in [0, 0.1) is 0 Å². The van der Waals surface area contributed by atoms with Crippen LogP contribution in [-0.2, 0) is 0 Å². The molecule has 0 saturated carbocycles. The Hall–Kier alpha value is -3.98. The molecule has 3 heteroatoms. The van der Waals surface area contributed by atoms with Gasteiger partial charge in [-0.3, -0.25) is 9.20 Å². The molecular formula is C26H14N2O. The van der Waals surface area contributed by atoms with Gasteiger partial charge in [-0.15, -0.1) is 0 Å². The molecule has 0 aliphatic carbocycles. The Morgan fingerprint density at radius 2 is 1.17 bits per heavy atom. The topological polar surface area (TPSA) is 34.4 Å². The van der Waals surface area contributed by atoms with Crippen LogP contribution >= 0.6 is 0 Å². The highest BCUT2D eigenvalue weighted by Crippen LogP contribution is 2.37. The monoisotopic (exact) mass is 370 g/mol. The van der Waals surface area contributed by atoms with Crippen LogP contribution in [0.15, 0.2) is 89.7 Å². The van der Waals surface area contributed by atoms with E-state index in [0.717, 1.165) is 59.8 Å². The van der Waals surface area contributed by atoms with Crippen LogP contribution in [0.5, 0.6) is 0 Å². The number of rotatable bonds is 0. The highest BCUT2D eigenvalue weighted by atomic mass is 16.1. The maximum atomic E-state index is 13.7. The molecule has 0 amide bonds. The summed E-state index contributed by atoms with van der Waals surface area (Å²) in [6.07, 6.45) is 0. The van der Waals surface area contributed by atoms with Gasteiger partial charge in [-0.2, -0.15) is 0 Å². The molecule has 0 spiro atoms. The molecule has 0 bridgehead atoms. The summed E-state index contributed by atoms with van der Waals surface area (Å²) in [4.78, 5) is 18.7. The molecule has 5 aromatic carbocycles. The van der Waals surface area contributed by atoms with E-state index in [1.165, 1.54) is 0 Å². The van der Waals surface area contributed by atoms with E-state index in [2.05, 4.69) is 48.5 Å². The first-order valence-corrected chi connectivity index (χ1v) is 9.71. The zero-order chi connectivity index (χ0) is 19.1. The molecule has 2 aromatic heterocycles. The van der Waals surface area contributed by atoms with Gasteiger partial charge in [-0.05, 0) is 22.2 Å². The second-order valence-electron chi connectivity index (χ2n) is 7.57.